The molecule has 1 amide bonds. The van der Waals surface area contributed by atoms with E-state index in [1.165, 1.54) is 0 Å². The van der Waals surface area contributed by atoms with Gasteiger partial charge in [0, 0.05) is 29.5 Å². The highest BCUT2D eigenvalue weighted by atomic mass is 16.7. The van der Waals surface area contributed by atoms with E-state index in [-0.39, 0.29) is 18.7 Å². The first-order chi connectivity index (χ1) is 20.7. The van der Waals surface area contributed by atoms with Crippen molar-refractivity contribution in [2.75, 3.05) is 13.2 Å². The third-order valence-electron chi connectivity index (χ3n) is 8.18. The molecule has 1 atom stereocenters. The van der Waals surface area contributed by atoms with Crippen molar-refractivity contribution in [3.05, 3.63) is 84.1 Å². The predicted molar refractivity (Wildman–Crippen MR) is 165 cm³/mol. The summed E-state index contributed by atoms with van der Waals surface area (Å²) in [5, 5.41) is 3.14. The van der Waals surface area contributed by atoms with Gasteiger partial charge in [0.05, 0.1) is 16.9 Å². The summed E-state index contributed by atoms with van der Waals surface area (Å²) in [5.74, 6) is -0.0991. The van der Waals surface area contributed by atoms with Crippen LogP contribution in [0.15, 0.2) is 72.9 Å². The fraction of sp³-hybridized carbons (Fsp3) is 0.400. The zero-order valence-electron chi connectivity index (χ0n) is 25.1. The van der Waals surface area contributed by atoms with Gasteiger partial charge in [0.15, 0.2) is 12.1 Å². The maximum absolute atomic E-state index is 13.1. The Kier molecular flexibility index (Phi) is 8.07. The van der Waals surface area contributed by atoms with Crippen LogP contribution in [0.25, 0.3) is 28.2 Å². The third-order valence-corrected chi connectivity index (χ3v) is 8.18. The molecule has 1 saturated heterocycles. The number of pyridine rings is 1. The summed E-state index contributed by atoms with van der Waals surface area (Å²) in [4.78, 5) is 30.8. The number of ether oxygens (including phenoxy) is 3. The second kappa shape index (κ2) is 11.9. The quantitative estimate of drug-likeness (QED) is 0.220. The molecule has 6 rings (SSSR count). The lowest BCUT2D eigenvalue weighted by Crippen LogP contribution is -2.52. The topological polar surface area (TPSA) is 91.2 Å². The highest BCUT2D eigenvalue weighted by molar-refractivity contribution is 5.97. The van der Waals surface area contributed by atoms with Crippen molar-refractivity contribution in [1.29, 1.82) is 0 Å². The molecular weight excluding hydrogens is 542 g/mol. The number of hydrogen-bond donors (Lipinski definition) is 1. The molecule has 2 fully saturated rings. The van der Waals surface area contributed by atoms with Crippen molar-refractivity contribution in [3.8, 4) is 22.5 Å². The Morgan fingerprint density at radius 1 is 0.977 bits per heavy atom. The minimum atomic E-state index is -0.558. The van der Waals surface area contributed by atoms with Gasteiger partial charge in [-0.15, -0.1) is 0 Å². The predicted octanol–water partition coefficient (Wildman–Crippen LogP) is 7.30. The van der Waals surface area contributed by atoms with E-state index in [2.05, 4.69) is 29.6 Å². The highest BCUT2D eigenvalue weighted by Gasteiger charge is 2.41. The summed E-state index contributed by atoms with van der Waals surface area (Å²) in [7, 11) is 0. The lowest BCUT2D eigenvalue weighted by atomic mass is 9.71. The van der Waals surface area contributed by atoms with Crippen LogP contribution in [0.4, 0.5) is 4.79 Å². The molecule has 3 heterocycles. The highest BCUT2D eigenvalue weighted by Crippen LogP contribution is 2.42. The average molecular weight is 582 g/mol. The Morgan fingerprint density at radius 2 is 1.74 bits per heavy atom. The molecule has 1 unspecified atom stereocenters. The first-order valence-corrected chi connectivity index (χ1v) is 15.2. The standard InChI is InChI=1S/C35H39N3O5/c1-34(2,3)43-33(40)37-35(19-9-20-35)27-16-13-24(14-17-27)31-32(25-10-5-4-6-11-25)38-22-26(15-18-29(38)36-31)28(39)23-42-30-12-7-8-21-41-30/h4-6,10-11,13-18,22,30H,7-9,12,19-21,23H2,1-3H3,(H,37,40). The van der Waals surface area contributed by atoms with E-state index in [9.17, 15) is 9.59 Å². The monoisotopic (exact) mass is 581 g/mol. The smallest absolute Gasteiger partial charge is 0.408 e. The van der Waals surface area contributed by atoms with Crippen LogP contribution >= 0.6 is 0 Å². The number of benzene rings is 2. The number of carbonyl (C=O) groups excluding carboxylic acids is 2. The van der Waals surface area contributed by atoms with Gasteiger partial charge in [-0.1, -0.05) is 54.6 Å². The molecule has 0 radical (unpaired) electrons. The Hall–Kier alpha value is -4.01. The molecule has 1 aliphatic heterocycles. The number of aromatic nitrogens is 2. The first kappa shape index (κ1) is 29.1. The van der Waals surface area contributed by atoms with Crippen LogP contribution in [0.2, 0.25) is 0 Å². The molecule has 1 aliphatic carbocycles. The minimum absolute atomic E-state index is 0.0288. The molecule has 8 heteroatoms. The van der Waals surface area contributed by atoms with Crippen LogP contribution in [-0.2, 0) is 19.7 Å². The van der Waals surface area contributed by atoms with E-state index in [1.807, 2.05) is 67.8 Å². The summed E-state index contributed by atoms with van der Waals surface area (Å²) in [6.07, 6.45) is 6.80. The van der Waals surface area contributed by atoms with Crippen molar-refractivity contribution in [3.63, 3.8) is 0 Å². The molecule has 43 heavy (non-hydrogen) atoms. The number of nitrogens with one attached hydrogen (secondary N) is 1. The van der Waals surface area contributed by atoms with Crippen molar-refractivity contribution in [2.45, 2.75) is 76.7 Å². The molecular formula is C35H39N3O5. The second-order valence-electron chi connectivity index (χ2n) is 12.5. The summed E-state index contributed by atoms with van der Waals surface area (Å²) in [6.45, 7) is 6.25. The molecule has 1 N–H and O–H groups in total. The summed E-state index contributed by atoms with van der Waals surface area (Å²) in [5.41, 5.74) is 5.02. The largest absolute Gasteiger partial charge is 0.444 e. The van der Waals surface area contributed by atoms with Crippen LogP contribution in [0, 0.1) is 0 Å². The van der Waals surface area contributed by atoms with Gasteiger partial charge in [-0.3, -0.25) is 9.20 Å². The lowest BCUT2D eigenvalue weighted by molar-refractivity contribution is -0.155. The molecule has 0 spiro atoms. The van der Waals surface area contributed by atoms with Crippen LogP contribution in [-0.4, -0.2) is 46.4 Å². The van der Waals surface area contributed by atoms with Gasteiger partial charge in [-0.05, 0) is 77.0 Å². The Labute approximate surface area is 252 Å². The molecule has 2 aromatic carbocycles. The first-order valence-electron chi connectivity index (χ1n) is 15.2. The number of Topliss-reactive ketones (excluding diaryl/α,β-unsaturated/α-hetero) is 1. The number of carbonyl (C=O) groups is 2. The van der Waals surface area contributed by atoms with Crippen molar-refractivity contribution < 1.29 is 23.8 Å². The SMILES string of the molecule is CC(C)(C)OC(=O)NC1(c2ccc(-c3nc4ccc(C(=O)COC5CCCCO5)cn4c3-c3ccccc3)cc2)CCC1. The molecule has 0 bridgehead atoms. The Bertz CT molecular complexity index is 1590. The number of hydrogen-bond acceptors (Lipinski definition) is 6. The van der Waals surface area contributed by atoms with E-state index < -0.39 is 17.2 Å². The maximum atomic E-state index is 13.1. The molecule has 1 saturated carbocycles. The second-order valence-corrected chi connectivity index (χ2v) is 12.5. The lowest BCUT2D eigenvalue weighted by Gasteiger charge is -2.43. The van der Waals surface area contributed by atoms with E-state index in [0.717, 1.165) is 72.3 Å². The van der Waals surface area contributed by atoms with Gasteiger partial charge in [0.25, 0.3) is 0 Å². The van der Waals surface area contributed by atoms with Crippen LogP contribution in [0.1, 0.15) is 75.2 Å². The number of rotatable bonds is 8. The molecule has 2 aromatic heterocycles. The van der Waals surface area contributed by atoms with Crippen LogP contribution < -0.4 is 5.32 Å². The molecule has 8 nitrogen and oxygen atoms in total. The van der Waals surface area contributed by atoms with Crippen LogP contribution in [0.3, 0.4) is 0 Å². The van der Waals surface area contributed by atoms with Gasteiger partial charge in [0.2, 0.25) is 0 Å². The number of nitrogens with zero attached hydrogens (tertiary/aromatic N) is 2. The van der Waals surface area contributed by atoms with E-state index in [0.29, 0.717) is 12.2 Å². The molecule has 2 aliphatic rings. The van der Waals surface area contributed by atoms with E-state index in [1.54, 1.807) is 6.07 Å². The number of ketones is 1. The number of alkyl carbamates (subject to hydrolysis) is 1. The van der Waals surface area contributed by atoms with Gasteiger partial charge >= 0.3 is 6.09 Å². The summed E-state index contributed by atoms with van der Waals surface area (Å²) < 4.78 is 18.9. The summed E-state index contributed by atoms with van der Waals surface area (Å²) in [6, 6.07) is 22.0. The minimum Gasteiger partial charge on any atom is -0.444 e. The van der Waals surface area contributed by atoms with Crippen molar-refractivity contribution in [2.24, 2.45) is 0 Å². The van der Waals surface area contributed by atoms with Crippen molar-refractivity contribution in [1.82, 2.24) is 14.7 Å². The zero-order chi connectivity index (χ0) is 30.0. The Morgan fingerprint density at radius 3 is 2.40 bits per heavy atom. The normalized spacial score (nSPS) is 18.2. The fourth-order valence-electron chi connectivity index (χ4n) is 5.84. The number of imidazole rings is 1. The zero-order valence-corrected chi connectivity index (χ0v) is 25.1. The maximum Gasteiger partial charge on any atom is 0.408 e. The Balaban J connectivity index is 1.30. The average Bonchev–Trinajstić information content (AvgIpc) is 3.37. The van der Waals surface area contributed by atoms with Crippen LogP contribution in [0.5, 0.6) is 0 Å². The summed E-state index contributed by atoms with van der Waals surface area (Å²) >= 11 is 0. The van der Waals surface area contributed by atoms with E-state index in [4.69, 9.17) is 19.2 Å². The van der Waals surface area contributed by atoms with Gasteiger partial charge in [-0.2, -0.15) is 0 Å². The van der Waals surface area contributed by atoms with Gasteiger partial charge in [0.1, 0.15) is 17.9 Å². The van der Waals surface area contributed by atoms with Gasteiger partial charge < -0.3 is 19.5 Å². The molecule has 224 valence electrons. The molecule has 4 aromatic rings. The third kappa shape index (κ3) is 6.36. The van der Waals surface area contributed by atoms with Crippen molar-refractivity contribution >= 4 is 17.5 Å². The number of amides is 1. The number of fused-ring (bicyclic) bond motifs is 1. The fourth-order valence-corrected chi connectivity index (χ4v) is 5.84. The van der Waals surface area contributed by atoms with E-state index >= 15 is 0 Å². The van der Waals surface area contributed by atoms with Gasteiger partial charge in [-0.25, -0.2) is 9.78 Å².